The zero-order chi connectivity index (χ0) is 13.0. The Morgan fingerprint density at radius 1 is 1.39 bits per heavy atom. The molecule has 0 aromatic carbocycles. The molecule has 18 heavy (non-hydrogen) atoms. The zero-order valence-corrected chi connectivity index (χ0v) is 10.6. The quantitative estimate of drug-likeness (QED) is 0.822. The van der Waals surface area contributed by atoms with Gasteiger partial charge < -0.3 is 10.1 Å². The number of nitrogens with one attached hydrogen (secondary N) is 1. The average Bonchev–Trinajstić information content (AvgIpc) is 2.39. The second-order valence-corrected chi connectivity index (χ2v) is 4.75. The lowest BCUT2D eigenvalue weighted by Crippen LogP contribution is -2.05. The molecular weight excluding hydrogens is 250 g/mol. The molecule has 2 rings (SSSR count). The van der Waals surface area contributed by atoms with Crippen molar-refractivity contribution in [1.29, 1.82) is 0 Å². The summed E-state index contributed by atoms with van der Waals surface area (Å²) in [5.74, 6) is 0. The largest absolute Gasteiger partial charge is 0.387 e. The third kappa shape index (κ3) is 3.18. The van der Waals surface area contributed by atoms with Crippen molar-refractivity contribution < 1.29 is 5.11 Å². The summed E-state index contributed by atoms with van der Waals surface area (Å²) in [4.78, 5) is 22.8. The zero-order valence-electron chi connectivity index (χ0n) is 9.83. The van der Waals surface area contributed by atoms with Gasteiger partial charge in [-0.05, 0) is 18.6 Å². The Balaban J connectivity index is 2.13. The van der Waals surface area contributed by atoms with Gasteiger partial charge in [0.2, 0.25) is 0 Å². The topological polar surface area (TPSA) is 78.9 Å². The van der Waals surface area contributed by atoms with Gasteiger partial charge >= 0.3 is 0 Å². The second kappa shape index (κ2) is 5.79. The molecule has 2 heterocycles. The van der Waals surface area contributed by atoms with Gasteiger partial charge in [-0.25, -0.2) is 4.98 Å². The van der Waals surface area contributed by atoms with Crippen molar-refractivity contribution in [3.8, 4) is 0 Å². The van der Waals surface area contributed by atoms with Crippen LogP contribution in [0.3, 0.4) is 0 Å². The van der Waals surface area contributed by atoms with E-state index in [-0.39, 0.29) is 5.56 Å². The highest BCUT2D eigenvalue weighted by molar-refractivity contribution is 7.99. The lowest BCUT2D eigenvalue weighted by Gasteiger charge is -2.07. The third-order valence-corrected chi connectivity index (χ3v) is 3.23. The molecule has 2 aromatic rings. The molecule has 6 heteroatoms. The maximum Gasteiger partial charge on any atom is 0.251 e. The lowest BCUT2D eigenvalue weighted by molar-refractivity contribution is 0.169. The Kier molecular flexibility index (Phi) is 4.11. The maximum absolute atomic E-state index is 11.1. The monoisotopic (exact) mass is 263 g/mol. The molecule has 0 aliphatic rings. The van der Waals surface area contributed by atoms with E-state index in [9.17, 15) is 9.90 Å². The van der Waals surface area contributed by atoms with Crippen molar-refractivity contribution in [3.05, 3.63) is 46.6 Å². The summed E-state index contributed by atoms with van der Waals surface area (Å²) in [6, 6.07) is 4.99. The molecule has 0 saturated heterocycles. The number of aliphatic hydroxyl groups excluding tert-OH is 1. The predicted molar refractivity (Wildman–Crippen MR) is 68.5 cm³/mol. The van der Waals surface area contributed by atoms with E-state index in [0.717, 1.165) is 4.90 Å². The summed E-state index contributed by atoms with van der Waals surface area (Å²) in [5.41, 5.74) is 0.467. The van der Waals surface area contributed by atoms with Gasteiger partial charge in [-0.1, -0.05) is 18.7 Å². The van der Waals surface area contributed by atoms with Gasteiger partial charge in [0.15, 0.2) is 5.16 Å². The van der Waals surface area contributed by atoms with Crippen LogP contribution in [-0.2, 0) is 0 Å². The standard InChI is InChI=1S/C12H13N3O2S/c1-2-10(16)9-4-3-8(7-14-9)18-12-13-6-5-11(17)15-12/h3-7,10,16H,2H2,1H3,(H,13,15,17)/t10-/m0/s1. The van der Waals surface area contributed by atoms with Crippen LogP contribution in [0, 0.1) is 0 Å². The molecule has 2 aromatic heterocycles. The van der Waals surface area contributed by atoms with E-state index in [2.05, 4.69) is 15.0 Å². The molecule has 0 saturated carbocycles. The first kappa shape index (κ1) is 12.8. The van der Waals surface area contributed by atoms with Crippen LogP contribution in [0.15, 0.2) is 45.4 Å². The van der Waals surface area contributed by atoms with Crippen molar-refractivity contribution in [2.75, 3.05) is 0 Å². The molecule has 0 unspecified atom stereocenters. The fraction of sp³-hybridized carbons (Fsp3) is 0.250. The van der Waals surface area contributed by atoms with Crippen LogP contribution in [0.5, 0.6) is 0 Å². The fourth-order valence-corrected chi connectivity index (χ4v) is 2.10. The number of aromatic nitrogens is 3. The summed E-state index contributed by atoms with van der Waals surface area (Å²) in [7, 11) is 0. The molecule has 0 fully saturated rings. The molecule has 0 aliphatic carbocycles. The van der Waals surface area contributed by atoms with E-state index in [4.69, 9.17) is 0 Å². The Bertz CT molecular complexity index is 568. The number of pyridine rings is 1. The molecule has 0 spiro atoms. The van der Waals surface area contributed by atoms with Crippen LogP contribution in [0.2, 0.25) is 0 Å². The summed E-state index contributed by atoms with van der Waals surface area (Å²) in [6.07, 6.45) is 3.22. The summed E-state index contributed by atoms with van der Waals surface area (Å²) in [5, 5.41) is 10.1. The van der Waals surface area contributed by atoms with Gasteiger partial charge in [0.25, 0.3) is 5.56 Å². The van der Waals surface area contributed by atoms with Crippen molar-refractivity contribution in [1.82, 2.24) is 15.0 Å². The van der Waals surface area contributed by atoms with Crippen LogP contribution in [0.1, 0.15) is 25.1 Å². The van der Waals surface area contributed by atoms with Crippen molar-refractivity contribution in [2.45, 2.75) is 29.5 Å². The number of aromatic amines is 1. The predicted octanol–water partition coefficient (Wildman–Crippen LogP) is 1.76. The first-order chi connectivity index (χ1) is 8.69. The van der Waals surface area contributed by atoms with Crippen molar-refractivity contribution in [3.63, 3.8) is 0 Å². The minimum absolute atomic E-state index is 0.182. The van der Waals surface area contributed by atoms with Crippen LogP contribution < -0.4 is 5.56 Å². The number of H-pyrrole nitrogens is 1. The van der Waals surface area contributed by atoms with E-state index in [1.54, 1.807) is 12.3 Å². The number of nitrogens with zero attached hydrogens (tertiary/aromatic N) is 2. The third-order valence-electron chi connectivity index (χ3n) is 2.35. The summed E-state index contributed by atoms with van der Waals surface area (Å²) >= 11 is 1.32. The van der Waals surface area contributed by atoms with E-state index in [1.807, 2.05) is 13.0 Å². The molecule has 0 amide bonds. The highest BCUT2D eigenvalue weighted by Crippen LogP contribution is 2.24. The molecule has 5 nitrogen and oxygen atoms in total. The van der Waals surface area contributed by atoms with Crippen LogP contribution in [-0.4, -0.2) is 20.1 Å². The number of aliphatic hydroxyl groups is 1. The Labute approximate surface area is 108 Å². The first-order valence-electron chi connectivity index (χ1n) is 5.56. The average molecular weight is 263 g/mol. The lowest BCUT2D eigenvalue weighted by atomic mass is 10.2. The van der Waals surface area contributed by atoms with Crippen LogP contribution >= 0.6 is 11.8 Å². The highest BCUT2D eigenvalue weighted by atomic mass is 32.2. The minimum Gasteiger partial charge on any atom is -0.387 e. The van der Waals surface area contributed by atoms with E-state index in [1.165, 1.54) is 24.0 Å². The smallest absolute Gasteiger partial charge is 0.251 e. The Hall–Kier alpha value is -1.66. The van der Waals surface area contributed by atoms with Crippen LogP contribution in [0.4, 0.5) is 0 Å². The molecule has 94 valence electrons. The van der Waals surface area contributed by atoms with Gasteiger partial charge in [0.1, 0.15) is 0 Å². The number of hydrogen-bond acceptors (Lipinski definition) is 5. The van der Waals surface area contributed by atoms with Crippen molar-refractivity contribution >= 4 is 11.8 Å². The second-order valence-electron chi connectivity index (χ2n) is 3.68. The first-order valence-corrected chi connectivity index (χ1v) is 6.38. The van der Waals surface area contributed by atoms with E-state index in [0.29, 0.717) is 17.3 Å². The molecule has 0 radical (unpaired) electrons. The molecular formula is C12H13N3O2S. The molecule has 0 bridgehead atoms. The summed E-state index contributed by atoms with van der Waals surface area (Å²) < 4.78 is 0. The van der Waals surface area contributed by atoms with Gasteiger partial charge in [-0.3, -0.25) is 9.78 Å². The number of hydrogen-bond donors (Lipinski definition) is 2. The van der Waals surface area contributed by atoms with E-state index < -0.39 is 6.10 Å². The highest BCUT2D eigenvalue weighted by Gasteiger charge is 2.06. The molecule has 0 aliphatic heterocycles. The SMILES string of the molecule is CC[C@H](O)c1ccc(Sc2nccc(=O)[nH]2)cn1. The molecule has 1 atom stereocenters. The Morgan fingerprint density at radius 3 is 2.83 bits per heavy atom. The van der Waals surface area contributed by atoms with Gasteiger partial charge in [-0.15, -0.1) is 0 Å². The van der Waals surface area contributed by atoms with Gasteiger partial charge in [-0.2, -0.15) is 0 Å². The van der Waals surface area contributed by atoms with Gasteiger partial charge in [0.05, 0.1) is 11.8 Å². The molecule has 2 N–H and O–H groups in total. The minimum atomic E-state index is -0.529. The summed E-state index contributed by atoms with van der Waals surface area (Å²) in [6.45, 7) is 1.90. The van der Waals surface area contributed by atoms with Crippen molar-refractivity contribution in [2.24, 2.45) is 0 Å². The van der Waals surface area contributed by atoms with Crippen LogP contribution in [0.25, 0.3) is 0 Å². The Morgan fingerprint density at radius 2 is 2.22 bits per heavy atom. The number of rotatable bonds is 4. The normalized spacial score (nSPS) is 12.3. The van der Waals surface area contributed by atoms with Gasteiger partial charge in [0, 0.05) is 23.4 Å². The maximum atomic E-state index is 11.1. The fourth-order valence-electron chi connectivity index (χ4n) is 1.37. The van der Waals surface area contributed by atoms with E-state index >= 15 is 0 Å².